The number of nitrogens with zero attached hydrogens (tertiary/aromatic N) is 3. The minimum Gasteiger partial charge on any atom is -0.489 e. The van der Waals surface area contributed by atoms with Crippen molar-refractivity contribution in [2.24, 2.45) is 11.8 Å². The summed E-state index contributed by atoms with van der Waals surface area (Å²) in [7, 11) is 0. The first-order chi connectivity index (χ1) is 24.2. The van der Waals surface area contributed by atoms with Gasteiger partial charge in [-0.15, -0.1) is 0 Å². The zero-order chi connectivity index (χ0) is 32.3. The molecule has 4 nitrogen and oxygen atoms in total. The Hall–Kier alpha value is -5.35. The molecule has 10 rings (SSSR count). The van der Waals surface area contributed by atoms with Crippen LogP contribution in [0.5, 0.6) is 5.75 Å². The second kappa shape index (κ2) is 11.7. The fraction of sp³-hybridized carbons (Fsp3) is 0.222. The van der Waals surface area contributed by atoms with Crippen LogP contribution in [-0.4, -0.2) is 21.1 Å². The maximum atomic E-state index is 6.66. The summed E-state index contributed by atoms with van der Waals surface area (Å²) < 4.78 is 6.66. The van der Waals surface area contributed by atoms with Gasteiger partial charge in [-0.3, -0.25) is 0 Å². The zero-order valence-electron chi connectivity index (χ0n) is 27.4. The predicted octanol–water partition coefficient (Wildman–Crippen LogP) is 11.3. The molecule has 238 valence electrons. The maximum absolute atomic E-state index is 6.66. The standard InChI is InChI=1S/C45H37N3O/c1-2-11-29(12-3-1)43-46-44(48-45(47-43)38-18-8-15-28-10-6-7-16-36(28)38)35-23-21-32-24-34(22-20-33(32)25-35)37-17-9-19-40-42(37)39-26-30-13-4-5-14-31(30)27-41(39)49-40/h1-3,6-12,15-25,30-31,39,41H,4-5,13-14,26-27H2. The van der Waals surface area contributed by atoms with Crippen LogP contribution in [0.1, 0.15) is 50.0 Å². The molecule has 0 radical (unpaired) electrons. The van der Waals surface area contributed by atoms with E-state index in [1.165, 1.54) is 66.0 Å². The van der Waals surface area contributed by atoms with E-state index in [-0.39, 0.29) is 0 Å². The third-order valence-electron chi connectivity index (χ3n) is 11.4. The van der Waals surface area contributed by atoms with E-state index in [1.807, 2.05) is 18.2 Å². The van der Waals surface area contributed by atoms with E-state index in [2.05, 4.69) is 109 Å². The molecular formula is C45H37N3O. The van der Waals surface area contributed by atoms with Crippen molar-refractivity contribution >= 4 is 21.5 Å². The lowest BCUT2D eigenvalue weighted by Gasteiger charge is -2.40. The van der Waals surface area contributed by atoms with E-state index in [9.17, 15) is 0 Å². The van der Waals surface area contributed by atoms with Gasteiger partial charge in [0.25, 0.3) is 0 Å². The SMILES string of the molecule is c1ccc(-c2nc(-c3ccc4cc(-c5cccc6c5C5CC7CCCCC7CC5O6)ccc4c3)nc(-c3cccc4ccccc34)n2)cc1. The molecule has 4 atom stereocenters. The Morgan fingerprint density at radius 2 is 1.14 bits per heavy atom. The lowest BCUT2D eigenvalue weighted by Crippen LogP contribution is -2.35. The molecule has 2 fully saturated rings. The van der Waals surface area contributed by atoms with Crippen molar-refractivity contribution in [1.29, 1.82) is 0 Å². The van der Waals surface area contributed by atoms with Crippen LogP contribution in [0.3, 0.4) is 0 Å². The lowest BCUT2D eigenvalue weighted by molar-refractivity contribution is 0.0657. The first-order valence-electron chi connectivity index (χ1n) is 17.9. The summed E-state index contributed by atoms with van der Waals surface area (Å²) in [6.45, 7) is 0. The molecule has 0 N–H and O–H groups in total. The van der Waals surface area contributed by atoms with Crippen molar-refractivity contribution in [2.45, 2.75) is 50.5 Å². The van der Waals surface area contributed by atoms with Crippen LogP contribution >= 0.6 is 0 Å². The van der Waals surface area contributed by atoms with Gasteiger partial charge >= 0.3 is 0 Å². The molecule has 4 unspecified atom stereocenters. The second-order valence-corrected chi connectivity index (χ2v) is 14.2. The fourth-order valence-electron chi connectivity index (χ4n) is 9.04. The fourth-order valence-corrected chi connectivity index (χ4v) is 9.04. The molecule has 4 heteroatoms. The van der Waals surface area contributed by atoms with Crippen molar-refractivity contribution in [3.8, 4) is 51.0 Å². The van der Waals surface area contributed by atoms with Gasteiger partial charge in [0.15, 0.2) is 17.5 Å². The van der Waals surface area contributed by atoms with Gasteiger partial charge in [0, 0.05) is 28.2 Å². The zero-order valence-corrected chi connectivity index (χ0v) is 27.4. The Morgan fingerprint density at radius 1 is 0.490 bits per heavy atom. The number of hydrogen-bond acceptors (Lipinski definition) is 4. The van der Waals surface area contributed by atoms with Crippen molar-refractivity contribution in [2.75, 3.05) is 0 Å². The molecule has 2 saturated carbocycles. The third kappa shape index (κ3) is 5.01. The summed E-state index contributed by atoms with van der Waals surface area (Å²) in [5, 5.41) is 4.66. The topological polar surface area (TPSA) is 47.9 Å². The molecule has 7 aromatic rings. The monoisotopic (exact) mass is 635 g/mol. The van der Waals surface area contributed by atoms with Crippen LogP contribution in [0.25, 0.3) is 66.8 Å². The van der Waals surface area contributed by atoms with Crippen LogP contribution < -0.4 is 4.74 Å². The Balaban J connectivity index is 1.04. The van der Waals surface area contributed by atoms with E-state index in [0.29, 0.717) is 29.5 Å². The van der Waals surface area contributed by atoms with E-state index in [0.717, 1.165) is 45.0 Å². The van der Waals surface area contributed by atoms with E-state index >= 15 is 0 Å². The molecular weight excluding hydrogens is 599 g/mol. The van der Waals surface area contributed by atoms with Gasteiger partial charge in [0.2, 0.25) is 0 Å². The van der Waals surface area contributed by atoms with Gasteiger partial charge in [0.1, 0.15) is 11.9 Å². The minimum absolute atomic E-state index is 0.332. The molecule has 2 heterocycles. The van der Waals surface area contributed by atoms with Crippen molar-refractivity contribution in [1.82, 2.24) is 15.0 Å². The Kier molecular flexibility index (Phi) is 6.82. The van der Waals surface area contributed by atoms with Gasteiger partial charge in [-0.2, -0.15) is 0 Å². The highest BCUT2D eigenvalue weighted by Gasteiger charge is 2.45. The Bertz CT molecular complexity index is 2360. The third-order valence-corrected chi connectivity index (χ3v) is 11.4. The van der Waals surface area contributed by atoms with E-state index in [4.69, 9.17) is 19.7 Å². The maximum Gasteiger partial charge on any atom is 0.164 e. The minimum atomic E-state index is 0.332. The van der Waals surface area contributed by atoms with Crippen LogP contribution in [0.15, 0.2) is 127 Å². The summed E-state index contributed by atoms with van der Waals surface area (Å²) in [6, 6.07) is 45.0. The smallest absolute Gasteiger partial charge is 0.164 e. The quantitative estimate of drug-likeness (QED) is 0.193. The number of hydrogen-bond donors (Lipinski definition) is 0. The molecule has 0 spiro atoms. The van der Waals surface area contributed by atoms with Crippen LogP contribution in [0.2, 0.25) is 0 Å². The summed E-state index contributed by atoms with van der Waals surface area (Å²) in [4.78, 5) is 15.1. The Labute approximate surface area is 286 Å². The molecule has 2 aliphatic carbocycles. The predicted molar refractivity (Wildman–Crippen MR) is 198 cm³/mol. The highest BCUT2D eigenvalue weighted by Crippen LogP contribution is 2.54. The molecule has 6 aromatic carbocycles. The summed E-state index contributed by atoms with van der Waals surface area (Å²) in [5.74, 6) is 5.33. The van der Waals surface area contributed by atoms with Crippen LogP contribution in [0, 0.1) is 11.8 Å². The average Bonchev–Trinajstić information content (AvgIpc) is 3.54. The van der Waals surface area contributed by atoms with Crippen molar-refractivity contribution in [3.05, 3.63) is 133 Å². The van der Waals surface area contributed by atoms with Crippen molar-refractivity contribution < 1.29 is 4.74 Å². The highest BCUT2D eigenvalue weighted by molar-refractivity contribution is 5.96. The van der Waals surface area contributed by atoms with Gasteiger partial charge in [-0.1, -0.05) is 135 Å². The normalized spacial score (nSPS) is 21.1. The molecule has 1 aliphatic heterocycles. The average molecular weight is 636 g/mol. The molecule has 3 aliphatic rings. The van der Waals surface area contributed by atoms with Crippen LogP contribution in [0.4, 0.5) is 0 Å². The van der Waals surface area contributed by atoms with Crippen molar-refractivity contribution in [3.63, 3.8) is 0 Å². The first-order valence-corrected chi connectivity index (χ1v) is 17.9. The number of rotatable bonds is 4. The molecule has 1 aromatic heterocycles. The molecule has 0 amide bonds. The van der Waals surface area contributed by atoms with Crippen LogP contribution in [-0.2, 0) is 0 Å². The molecule has 0 saturated heterocycles. The number of aromatic nitrogens is 3. The summed E-state index contributed by atoms with van der Waals surface area (Å²) in [5.41, 5.74) is 6.97. The number of ether oxygens (including phenoxy) is 1. The largest absolute Gasteiger partial charge is 0.489 e. The number of fused-ring (bicyclic) bond motifs is 6. The van der Waals surface area contributed by atoms with E-state index in [1.54, 1.807) is 0 Å². The van der Waals surface area contributed by atoms with E-state index < -0.39 is 0 Å². The van der Waals surface area contributed by atoms with Gasteiger partial charge in [-0.05, 0) is 75.5 Å². The summed E-state index contributed by atoms with van der Waals surface area (Å²) in [6.07, 6.45) is 8.38. The highest BCUT2D eigenvalue weighted by atomic mass is 16.5. The first kappa shape index (κ1) is 28.6. The molecule has 0 bridgehead atoms. The molecule has 49 heavy (non-hydrogen) atoms. The lowest BCUT2D eigenvalue weighted by atomic mass is 9.65. The van der Waals surface area contributed by atoms with Gasteiger partial charge in [-0.25, -0.2) is 15.0 Å². The summed E-state index contributed by atoms with van der Waals surface area (Å²) >= 11 is 0. The number of benzene rings is 6. The second-order valence-electron chi connectivity index (χ2n) is 14.2. The van der Waals surface area contributed by atoms with Gasteiger partial charge < -0.3 is 4.74 Å². The van der Waals surface area contributed by atoms with Gasteiger partial charge in [0.05, 0.1) is 0 Å². The Morgan fingerprint density at radius 3 is 2.00 bits per heavy atom.